The van der Waals surface area contributed by atoms with Crippen molar-refractivity contribution in [1.82, 2.24) is 14.8 Å². The third-order valence-corrected chi connectivity index (χ3v) is 5.96. The normalized spacial score (nSPS) is 21.9. The van der Waals surface area contributed by atoms with Gasteiger partial charge in [0.05, 0.1) is 0 Å². The third kappa shape index (κ3) is 3.13. The summed E-state index contributed by atoms with van der Waals surface area (Å²) < 4.78 is 0. The quantitative estimate of drug-likeness (QED) is 0.803. The number of imide groups is 1. The first-order valence-electron chi connectivity index (χ1n) is 9.75. The van der Waals surface area contributed by atoms with Crippen molar-refractivity contribution in [3.63, 3.8) is 0 Å². The van der Waals surface area contributed by atoms with E-state index < -0.39 is 11.9 Å². The largest absolute Gasteiger partial charge is 0.352 e. The highest BCUT2D eigenvalue weighted by Gasteiger charge is 2.41. The first-order chi connectivity index (χ1) is 14.5. The third-order valence-electron chi connectivity index (χ3n) is 5.72. The molecule has 152 valence electrons. The Morgan fingerprint density at radius 1 is 1.17 bits per heavy atom. The number of dihydropyridines is 1. The summed E-state index contributed by atoms with van der Waals surface area (Å²) in [6.07, 6.45) is 5.94. The Morgan fingerprint density at radius 2 is 1.97 bits per heavy atom. The molecule has 3 aliphatic rings. The molecule has 9 heteroatoms. The van der Waals surface area contributed by atoms with Crippen molar-refractivity contribution in [2.45, 2.75) is 18.9 Å². The number of aromatic amines is 1. The highest BCUT2D eigenvalue weighted by Crippen LogP contribution is 2.27. The number of halogens is 1. The molecule has 1 aromatic carbocycles. The molecule has 0 spiro atoms. The first kappa shape index (κ1) is 18.7. The van der Waals surface area contributed by atoms with Crippen LogP contribution < -0.4 is 0 Å². The summed E-state index contributed by atoms with van der Waals surface area (Å²) in [6, 6.07) is 6.36. The average Bonchev–Trinajstić information content (AvgIpc) is 3.17. The lowest BCUT2D eigenvalue weighted by atomic mass is 9.97. The van der Waals surface area contributed by atoms with Gasteiger partial charge in [0, 0.05) is 41.3 Å². The lowest BCUT2D eigenvalue weighted by Crippen LogP contribution is -2.54. The summed E-state index contributed by atoms with van der Waals surface area (Å²) in [5, 5.41) is 1.49. The molecule has 30 heavy (non-hydrogen) atoms. The SMILES string of the molecule is O=C(c1cc2cc(Cl)ccc2[nH]1)N1CCC(N2C(=O)N=C3N=CC=CC3C2=O)CC1. The molecule has 1 atom stereocenters. The van der Waals surface area contributed by atoms with Crippen molar-refractivity contribution in [2.75, 3.05) is 13.1 Å². The van der Waals surface area contributed by atoms with Gasteiger partial charge in [0.15, 0.2) is 0 Å². The average molecular weight is 424 g/mol. The summed E-state index contributed by atoms with van der Waals surface area (Å²) in [4.78, 5) is 52.3. The number of rotatable bonds is 2. The number of benzene rings is 1. The zero-order valence-corrected chi connectivity index (χ0v) is 16.7. The monoisotopic (exact) mass is 423 g/mol. The van der Waals surface area contributed by atoms with Crippen molar-refractivity contribution < 1.29 is 14.4 Å². The Morgan fingerprint density at radius 3 is 2.77 bits per heavy atom. The van der Waals surface area contributed by atoms with Crippen LogP contribution in [0.1, 0.15) is 23.3 Å². The Bertz CT molecular complexity index is 1160. The Hall–Kier alpha value is -3.26. The van der Waals surface area contributed by atoms with Crippen LogP contribution in [0.15, 0.2) is 46.4 Å². The molecule has 0 saturated carbocycles. The van der Waals surface area contributed by atoms with Crippen LogP contribution in [0, 0.1) is 5.92 Å². The highest BCUT2D eigenvalue weighted by molar-refractivity contribution is 6.31. The van der Waals surface area contributed by atoms with Crippen molar-refractivity contribution >= 4 is 52.4 Å². The lowest BCUT2D eigenvalue weighted by molar-refractivity contribution is -0.131. The van der Waals surface area contributed by atoms with E-state index in [1.54, 1.807) is 29.2 Å². The maximum Gasteiger partial charge on any atom is 0.352 e. The fraction of sp³-hybridized carbons (Fsp3) is 0.286. The summed E-state index contributed by atoms with van der Waals surface area (Å²) in [6.45, 7) is 0.901. The number of nitrogens with zero attached hydrogens (tertiary/aromatic N) is 4. The number of hydrogen-bond donors (Lipinski definition) is 1. The minimum Gasteiger partial charge on any atom is -0.351 e. The molecule has 0 aliphatic carbocycles. The fourth-order valence-corrected chi connectivity index (χ4v) is 4.37. The van der Waals surface area contributed by atoms with Gasteiger partial charge in [0.25, 0.3) is 5.91 Å². The number of aliphatic imine (C=N–C) groups is 2. The molecule has 1 unspecified atom stereocenters. The van der Waals surface area contributed by atoms with Gasteiger partial charge in [0.1, 0.15) is 17.4 Å². The van der Waals surface area contributed by atoms with E-state index in [-0.39, 0.29) is 23.7 Å². The number of likely N-dealkylation sites (tertiary alicyclic amines) is 1. The molecular weight excluding hydrogens is 406 g/mol. The van der Waals surface area contributed by atoms with Crippen LogP contribution >= 0.6 is 11.6 Å². The van der Waals surface area contributed by atoms with Gasteiger partial charge in [-0.15, -0.1) is 0 Å². The highest BCUT2D eigenvalue weighted by atomic mass is 35.5. The Labute approximate surface area is 176 Å². The van der Waals surface area contributed by atoms with Crippen molar-refractivity contribution in [2.24, 2.45) is 15.9 Å². The summed E-state index contributed by atoms with van der Waals surface area (Å²) in [5.74, 6) is -0.766. The first-order valence-corrected chi connectivity index (χ1v) is 10.1. The van der Waals surface area contributed by atoms with E-state index >= 15 is 0 Å². The van der Waals surface area contributed by atoms with E-state index in [1.807, 2.05) is 12.1 Å². The van der Waals surface area contributed by atoms with Gasteiger partial charge in [-0.05, 0) is 43.2 Å². The second-order valence-electron chi connectivity index (χ2n) is 7.54. The summed E-state index contributed by atoms with van der Waals surface area (Å²) >= 11 is 6.02. The minimum absolute atomic E-state index is 0.109. The predicted molar refractivity (Wildman–Crippen MR) is 113 cm³/mol. The van der Waals surface area contributed by atoms with Gasteiger partial charge in [-0.25, -0.2) is 9.79 Å². The second-order valence-corrected chi connectivity index (χ2v) is 7.98. The maximum atomic E-state index is 12.9. The smallest absolute Gasteiger partial charge is 0.351 e. The number of amidine groups is 1. The molecule has 5 rings (SSSR count). The van der Waals surface area contributed by atoms with E-state index in [2.05, 4.69) is 15.0 Å². The van der Waals surface area contributed by atoms with Gasteiger partial charge in [-0.2, -0.15) is 4.99 Å². The molecule has 1 aromatic heterocycles. The number of piperidine rings is 1. The fourth-order valence-electron chi connectivity index (χ4n) is 4.19. The van der Waals surface area contributed by atoms with Crippen molar-refractivity contribution in [3.05, 3.63) is 47.1 Å². The molecule has 4 amide bonds. The van der Waals surface area contributed by atoms with Crippen LogP contribution in [0.2, 0.25) is 5.02 Å². The number of urea groups is 1. The van der Waals surface area contributed by atoms with Crippen LogP contribution in [0.25, 0.3) is 10.9 Å². The van der Waals surface area contributed by atoms with E-state index in [0.717, 1.165) is 10.9 Å². The molecule has 1 N–H and O–H groups in total. The zero-order valence-electron chi connectivity index (χ0n) is 15.9. The molecule has 0 bridgehead atoms. The predicted octanol–water partition coefficient (Wildman–Crippen LogP) is 3.04. The van der Waals surface area contributed by atoms with Crippen LogP contribution in [-0.4, -0.2) is 63.8 Å². The number of carbonyl (C=O) groups is 3. The van der Waals surface area contributed by atoms with Crippen LogP contribution in [0.5, 0.6) is 0 Å². The van der Waals surface area contributed by atoms with E-state index in [0.29, 0.717) is 36.6 Å². The number of amides is 4. The number of H-pyrrole nitrogens is 1. The number of aromatic nitrogens is 1. The topological polar surface area (TPSA) is 98.2 Å². The summed E-state index contributed by atoms with van der Waals surface area (Å²) in [5.41, 5.74) is 1.34. The maximum absolute atomic E-state index is 12.9. The number of carbonyl (C=O) groups excluding carboxylic acids is 3. The molecular formula is C21H18ClN5O3. The van der Waals surface area contributed by atoms with Gasteiger partial charge in [0.2, 0.25) is 5.91 Å². The van der Waals surface area contributed by atoms with E-state index in [4.69, 9.17) is 11.6 Å². The molecule has 0 radical (unpaired) electrons. The van der Waals surface area contributed by atoms with Gasteiger partial charge < -0.3 is 9.88 Å². The lowest BCUT2D eigenvalue weighted by Gasteiger charge is -2.39. The van der Waals surface area contributed by atoms with Crippen molar-refractivity contribution in [3.8, 4) is 0 Å². The Balaban J connectivity index is 1.29. The number of fused-ring (bicyclic) bond motifs is 2. The Kier molecular flexibility index (Phi) is 4.51. The molecule has 1 saturated heterocycles. The van der Waals surface area contributed by atoms with E-state index in [1.165, 1.54) is 11.1 Å². The molecule has 2 aromatic rings. The zero-order chi connectivity index (χ0) is 20.8. The van der Waals surface area contributed by atoms with Crippen LogP contribution in [0.3, 0.4) is 0 Å². The molecule has 1 fully saturated rings. The molecule has 4 heterocycles. The number of allylic oxidation sites excluding steroid dienone is 1. The van der Waals surface area contributed by atoms with Gasteiger partial charge >= 0.3 is 6.03 Å². The van der Waals surface area contributed by atoms with E-state index in [9.17, 15) is 14.4 Å². The van der Waals surface area contributed by atoms with Crippen molar-refractivity contribution in [1.29, 1.82) is 0 Å². The minimum atomic E-state index is -0.606. The van der Waals surface area contributed by atoms with Crippen LogP contribution in [-0.2, 0) is 4.79 Å². The molecule has 3 aliphatic heterocycles. The van der Waals surface area contributed by atoms with Gasteiger partial charge in [-0.3, -0.25) is 14.5 Å². The number of hydrogen-bond acceptors (Lipinski definition) is 4. The number of nitrogens with one attached hydrogen (secondary N) is 1. The summed E-state index contributed by atoms with van der Waals surface area (Å²) in [7, 11) is 0. The van der Waals surface area contributed by atoms with Crippen LogP contribution in [0.4, 0.5) is 4.79 Å². The molecule has 8 nitrogen and oxygen atoms in total. The second kappa shape index (κ2) is 7.21. The van der Waals surface area contributed by atoms with Gasteiger partial charge in [-0.1, -0.05) is 17.7 Å². The standard InChI is InChI=1S/C21H18ClN5O3/c22-13-3-4-16-12(10-13)11-17(24-16)20(29)26-8-5-14(6-9-26)27-19(28)15-2-1-7-23-18(15)25-21(27)30/h1-4,7,10-11,14-15,24H,5-6,8-9H2.